The minimum Gasteiger partial charge on any atom is -0.496 e. The second-order valence-electron chi connectivity index (χ2n) is 5.30. The van der Waals surface area contributed by atoms with Crippen LogP contribution in [0, 0.1) is 0 Å². The molecule has 0 fully saturated rings. The number of benzene rings is 2. The van der Waals surface area contributed by atoms with Gasteiger partial charge in [-0.1, -0.05) is 11.6 Å². The van der Waals surface area contributed by atoms with Crippen LogP contribution in [-0.2, 0) is 6.61 Å². The van der Waals surface area contributed by atoms with E-state index in [1.165, 1.54) is 0 Å². The zero-order valence-electron chi connectivity index (χ0n) is 13.5. The molecule has 25 heavy (non-hydrogen) atoms. The van der Waals surface area contributed by atoms with E-state index >= 15 is 0 Å². The Labute approximate surface area is 149 Å². The molecule has 0 saturated heterocycles. The van der Waals surface area contributed by atoms with Crippen molar-refractivity contribution in [2.45, 2.75) is 6.61 Å². The van der Waals surface area contributed by atoms with Gasteiger partial charge >= 0.3 is 0 Å². The zero-order valence-corrected chi connectivity index (χ0v) is 14.2. The SMILES string of the molecule is COc1cc(NC(=O)c2ccc(Cl)cc2)ccc1-c1ccc(CO)o1. The van der Waals surface area contributed by atoms with Crippen LogP contribution >= 0.6 is 11.6 Å². The molecule has 0 saturated carbocycles. The third-order valence-electron chi connectivity index (χ3n) is 3.65. The first-order valence-corrected chi connectivity index (χ1v) is 7.93. The van der Waals surface area contributed by atoms with E-state index in [1.807, 2.05) is 0 Å². The highest BCUT2D eigenvalue weighted by Gasteiger charge is 2.13. The Hall–Kier alpha value is -2.76. The molecule has 2 aromatic carbocycles. The number of halogens is 1. The van der Waals surface area contributed by atoms with E-state index in [-0.39, 0.29) is 12.5 Å². The number of anilines is 1. The molecular formula is C19H16ClNO4. The Morgan fingerprint density at radius 1 is 1.16 bits per heavy atom. The summed E-state index contributed by atoms with van der Waals surface area (Å²) in [6.45, 7) is -0.169. The average Bonchev–Trinajstić information content (AvgIpc) is 3.11. The molecule has 0 radical (unpaired) electrons. The van der Waals surface area contributed by atoms with Crippen molar-refractivity contribution in [1.29, 1.82) is 0 Å². The van der Waals surface area contributed by atoms with Gasteiger partial charge in [-0.2, -0.15) is 0 Å². The van der Waals surface area contributed by atoms with Crippen molar-refractivity contribution in [2.75, 3.05) is 12.4 Å². The number of aliphatic hydroxyl groups excluding tert-OH is 1. The molecule has 1 aromatic heterocycles. The van der Waals surface area contributed by atoms with Crippen LogP contribution in [-0.4, -0.2) is 18.1 Å². The maximum Gasteiger partial charge on any atom is 0.255 e. The molecule has 6 heteroatoms. The highest BCUT2D eigenvalue weighted by molar-refractivity contribution is 6.30. The lowest BCUT2D eigenvalue weighted by molar-refractivity contribution is 0.102. The molecule has 1 amide bonds. The van der Waals surface area contributed by atoms with E-state index in [0.29, 0.717) is 33.5 Å². The van der Waals surface area contributed by atoms with E-state index in [9.17, 15) is 4.79 Å². The van der Waals surface area contributed by atoms with E-state index in [0.717, 1.165) is 5.56 Å². The van der Waals surface area contributed by atoms with Crippen LogP contribution in [0.4, 0.5) is 5.69 Å². The number of aliphatic hydroxyl groups is 1. The predicted molar refractivity (Wildman–Crippen MR) is 96.0 cm³/mol. The van der Waals surface area contributed by atoms with Crippen LogP contribution in [0.15, 0.2) is 59.0 Å². The second kappa shape index (κ2) is 7.42. The van der Waals surface area contributed by atoms with E-state index in [1.54, 1.807) is 61.7 Å². The molecule has 128 valence electrons. The molecule has 0 aliphatic rings. The number of carbonyl (C=O) groups is 1. The summed E-state index contributed by atoms with van der Waals surface area (Å²) in [6.07, 6.45) is 0. The molecular weight excluding hydrogens is 342 g/mol. The quantitative estimate of drug-likeness (QED) is 0.712. The minimum atomic E-state index is -0.243. The van der Waals surface area contributed by atoms with Crippen molar-refractivity contribution in [1.82, 2.24) is 0 Å². The molecule has 1 heterocycles. The molecule has 0 unspecified atom stereocenters. The first kappa shape index (κ1) is 17.1. The first-order valence-electron chi connectivity index (χ1n) is 7.55. The fourth-order valence-electron chi connectivity index (χ4n) is 2.38. The number of methoxy groups -OCH3 is 1. The van der Waals surface area contributed by atoms with Crippen molar-refractivity contribution in [2.24, 2.45) is 0 Å². The van der Waals surface area contributed by atoms with Crippen LogP contribution in [0.25, 0.3) is 11.3 Å². The summed E-state index contributed by atoms with van der Waals surface area (Å²) < 4.78 is 10.9. The van der Waals surface area contributed by atoms with E-state index in [2.05, 4.69) is 5.32 Å². The van der Waals surface area contributed by atoms with Gasteiger partial charge < -0.3 is 19.6 Å². The van der Waals surface area contributed by atoms with Crippen molar-refractivity contribution in [3.05, 3.63) is 70.9 Å². The summed E-state index contributed by atoms with van der Waals surface area (Å²) in [6, 6.07) is 15.4. The van der Waals surface area contributed by atoms with Crippen molar-refractivity contribution in [3.8, 4) is 17.1 Å². The summed E-state index contributed by atoms with van der Waals surface area (Å²) in [5.74, 6) is 1.36. The highest BCUT2D eigenvalue weighted by atomic mass is 35.5. The summed E-state index contributed by atoms with van der Waals surface area (Å²) >= 11 is 5.83. The number of furan rings is 1. The number of nitrogens with one attached hydrogen (secondary N) is 1. The minimum absolute atomic E-state index is 0.169. The summed E-state index contributed by atoms with van der Waals surface area (Å²) in [7, 11) is 1.54. The number of hydrogen-bond acceptors (Lipinski definition) is 4. The van der Waals surface area contributed by atoms with Crippen LogP contribution in [0.5, 0.6) is 5.75 Å². The van der Waals surface area contributed by atoms with Gasteiger partial charge in [0.2, 0.25) is 0 Å². The van der Waals surface area contributed by atoms with Gasteiger partial charge in [0.05, 0.1) is 12.7 Å². The highest BCUT2D eigenvalue weighted by Crippen LogP contribution is 2.33. The normalized spacial score (nSPS) is 10.5. The number of amides is 1. The molecule has 3 rings (SSSR count). The maximum atomic E-state index is 12.3. The van der Waals surface area contributed by atoms with Gasteiger partial charge in [-0.25, -0.2) is 0 Å². The van der Waals surface area contributed by atoms with E-state index < -0.39 is 0 Å². The van der Waals surface area contributed by atoms with Crippen molar-refractivity contribution in [3.63, 3.8) is 0 Å². The number of carbonyl (C=O) groups excluding carboxylic acids is 1. The van der Waals surface area contributed by atoms with Crippen LogP contribution < -0.4 is 10.1 Å². The Balaban J connectivity index is 1.83. The topological polar surface area (TPSA) is 71.7 Å². The molecule has 3 aromatic rings. The molecule has 2 N–H and O–H groups in total. The first-order chi connectivity index (χ1) is 12.1. The summed E-state index contributed by atoms with van der Waals surface area (Å²) in [5, 5.41) is 12.5. The van der Waals surface area contributed by atoms with Crippen molar-refractivity contribution >= 4 is 23.2 Å². The van der Waals surface area contributed by atoms with Gasteiger partial charge in [0, 0.05) is 22.3 Å². The average molecular weight is 358 g/mol. The predicted octanol–water partition coefficient (Wildman–Crippen LogP) is 4.35. The third-order valence-corrected chi connectivity index (χ3v) is 3.90. The standard InChI is InChI=1S/C19H16ClNO4/c1-24-18-10-14(21-19(23)12-2-4-13(20)5-3-12)6-8-16(18)17-9-7-15(11-22)25-17/h2-10,22H,11H2,1H3,(H,21,23). The number of hydrogen-bond donors (Lipinski definition) is 2. The molecule has 0 atom stereocenters. The smallest absolute Gasteiger partial charge is 0.255 e. The molecule has 5 nitrogen and oxygen atoms in total. The van der Waals surface area contributed by atoms with Gasteiger partial charge in [0.25, 0.3) is 5.91 Å². The van der Waals surface area contributed by atoms with E-state index in [4.69, 9.17) is 25.9 Å². The zero-order chi connectivity index (χ0) is 17.8. The lowest BCUT2D eigenvalue weighted by atomic mass is 10.1. The van der Waals surface area contributed by atoms with Gasteiger partial charge in [0.15, 0.2) is 0 Å². The Morgan fingerprint density at radius 3 is 2.56 bits per heavy atom. The third kappa shape index (κ3) is 3.84. The van der Waals surface area contributed by atoms with Crippen molar-refractivity contribution < 1.29 is 19.1 Å². The lowest BCUT2D eigenvalue weighted by Crippen LogP contribution is -2.11. The van der Waals surface area contributed by atoms with Gasteiger partial charge in [0.1, 0.15) is 23.9 Å². The maximum absolute atomic E-state index is 12.3. The number of rotatable bonds is 5. The van der Waals surface area contributed by atoms with Crippen LogP contribution in [0.3, 0.4) is 0 Å². The second-order valence-corrected chi connectivity index (χ2v) is 5.74. The molecule has 0 bridgehead atoms. The summed E-state index contributed by atoms with van der Waals surface area (Å²) in [4.78, 5) is 12.3. The van der Waals surface area contributed by atoms with Crippen LogP contribution in [0.1, 0.15) is 16.1 Å². The molecule has 0 aliphatic carbocycles. The Bertz CT molecular complexity index is 887. The van der Waals surface area contributed by atoms with Crippen LogP contribution in [0.2, 0.25) is 5.02 Å². The van der Waals surface area contributed by atoms with Gasteiger partial charge in [-0.05, 0) is 48.5 Å². The van der Waals surface area contributed by atoms with Gasteiger partial charge in [-0.15, -0.1) is 0 Å². The summed E-state index contributed by atoms with van der Waals surface area (Å²) in [5.41, 5.74) is 1.83. The fourth-order valence-corrected chi connectivity index (χ4v) is 2.51. The Kier molecular flexibility index (Phi) is 5.07. The molecule has 0 spiro atoms. The lowest BCUT2D eigenvalue weighted by Gasteiger charge is -2.10. The number of ether oxygens (including phenoxy) is 1. The largest absolute Gasteiger partial charge is 0.496 e. The van der Waals surface area contributed by atoms with Gasteiger partial charge in [-0.3, -0.25) is 4.79 Å². The fraction of sp³-hybridized carbons (Fsp3) is 0.105. The Morgan fingerprint density at radius 2 is 1.92 bits per heavy atom. The monoisotopic (exact) mass is 357 g/mol. The molecule has 0 aliphatic heterocycles.